The van der Waals surface area contributed by atoms with Crippen LogP contribution in [0.1, 0.15) is 153 Å². The van der Waals surface area contributed by atoms with Gasteiger partial charge in [-0.15, -0.1) is 0 Å². The van der Waals surface area contributed by atoms with Gasteiger partial charge in [0.1, 0.15) is 5.75 Å². The Hall–Kier alpha value is -4.23. The lowest BCUT2D eigenvalue weighted by Gasteiger charge is -2.42. The number of alkyl halides is 6. The van der Waals surface area contributed by atoms with Gasteiger partial charge in [0.15, 0.2) is 6.17 Å². The van der Waals surface area contributed by atoms with Crippen LogP contribution in [0.15, 0.2) is 60.9 Å². The predicted molar refractivity (Wildman–Crippen MR) is 213 cm³/mol. The molecule has 3 atom stereocenters. The summed E-state index contributed by atoms with van der Waals surface area (Å²) in [5, 5.41) is 10.5. The Morgan fingerprint density at radius 1 is 0.864 bits per heavy atom. The summed E-state index contributed by atoms with van der Waals surface area (Å²) in [5.41, 5.74) is 3.35. The highest BCUT2D eigenvalue weighted by molar-refractivity contribution is 5.51. The molecule has 1 N–H and O–H groups in total. The van der Waals surface area contributed by atoms with Crippen LogP contribution in [-0.4, -0.2) is 46.2 Å². The molecule has 59 heavy (non-hydrogen) atoms. The van der Waals surface area contributed by atoms with Gasteiger partial charge in [-0.1, -0.05) is 52.0 Å². The van der Waals surface area contributed by atoms with Crippen molar-refractivity contribution in [3.8, 4) is 5.75 Å². The second kappa shape index (κ2) is 17.0. The number of piperidine rings is 1. The minimum absolute atomic E-state index is 0.00342. The predicted octanol–water partition coefficient (Wildman–Crippen LogP) is 11.6. The Morgan fingerprint density at radius 3 is 2.07 bits per heavy atom. The highest BCUT2D eigenvalue weighted by atomic mass is 19.4. The maximum Gasteiger partial charge on any atom is 0.416 e. The van der Waals surface area contributed by atoms with E-state index in [1.54, 1.807) is 19.5 Å². The zero-order chi connectivity index (χ0) is 42.3. The zero-order valence-corrected chi connectivity index (χ0v) is 34.3. The van der Waals surface area contributed by atoms with Crippen LogP contribution < -0.4 is 9.64 Å². The summed E-state index contributed by atoms with van der Waals surface area (Å²) < 4.78 is 101. The van der Waals surface area contributed by atoms with Gasteiger partial charge >= 0.3 is 6.18 Å². The van der Waals surface area contributed by atoms with E-state index >= 15 is 4.39 Å². The number of hydrogen-bond acceptors (Lipinski definition) is 7. The number of aliphatic hydroxyl groups excluding tert-OH is 1. The lowest BCUT2D eigenvalue weighted by Crippen LogP contribution is -2.36. The van der Waals surface area contributed by atoms with Crippen molar-refractivity contribution in [2.45, 2.75) is 128 Å². The SMILES string of the molecule is COc1ccc(CO[C@H]2CC(C)(C)Cc3nc(C4CCN(c5ncc(C(O)C(C)C)cn5)CC4)c(C(F)c4ccc(C(F)(F)F)cc4)c(C4CCC(F)(F)CC4)c32)cc1. The molecular formula is C46H54F6N4O3. The van der Waals surface area contributed by atoms with Gasteiger partial charge in [0.05, 0.1) is 37.2 Å². The number of rotatable bonds is 11. The van der Waals surface area contributed by atoms with Crippen LogP contribution in [0.2, 0.25) is 0 Å². The highest BCUT2D eigenvalue weighted by Crippen LogP contribution is 2.53. The number of halogens is 6. The first-order valence-electron chi connectivity index (χ1n) is 20.7. The van der Waals surface area contributed by atoms with Crippen LogP contribution in [0, 0.1) is 11.3 Å². The number of hydrogen-bond donors (Lipinski definition) is 1. The quantitative estimate of drug-likeness (QED) is 0.151. The second-order valence-electron chi connectivity index (χ2n) is 17.8. The van der Waals surface area contributed by atoms with Gasteiger partial charge in [-0.25, -0.2) is 23.1 Å². The van der Waals surface area contributed by atoms with E-state index in [0.29, 0.717) is 67.3 Å². The number of anilines is 1. The molecule has 13 heteroatoms. The highest BCUT2D eigenvalue weighted by Gasteiger charge is 2.44. The fourth-order valence-electron chi connectivity index (χ4n) is 9.13. The van der Waals surface area contributed by atoms with Gasteiger partial charge in [0.25, 0.3) is 0 Å². The zero-order valence-electron chi connectivity index (χ0n) is 34.3. The topological polar surface area (TPSA) is 80.6 Å². The van der Waals surface area contributed by atoms with Gasteiger partial charge < -0.3 is 19.5 Å². The summed E-state index contributed by atoms with van der Waals surface area (Å²) in [7, 11) is 1.59. The van der Waals surface area contributed by atoms with Crippen LogP contribution in [0.5, 0.6) is 5.75 Å². The van der Waals surface area contributed by atoms with Gasteiger partial charge in [0, 0.05) is 66.6 Å². The Balaban J connectivity index is 1.32. The molecule has 0 amide bonds. The van der Waals surface area contributed by atoms with Crippen molar-refractivity contribution in [1.82, 2.24) is 15.0 Å². The molecule has 0 spiro atoms. The van der Waals surface area contributed by atoms with Gasteiger partial charge in [-0.3, -0.25) is 4.98 Å². The number of aliphatic hydroxyl groups is 1. The van der Waals surface area contributed by atoms with E-state index in [-0.39, 0.29) is 60.7 Å². The van der Waals surface area contributed by atoms with Crippen LogP contribution >= 0.6 is 0 Å². The minimum Gasteiger partial charge on any atom is -0.497 e. The standard InChI is InChI=1S/C46H54F6N4O3/c1-27(2)42(57)32-24-53-43(54-25-32)56-20-16-31(17-21-56)41-39(40(47)30-8-10-33(11-9-30)46(50,51)52)37(29-14-18-45(48,49)19-15-29)38-35(55-41)22-44(3,4)23-36(38)59-26-28-6-12-34(58-5)13-7-28/h6-13,24-25,27,29,31,36,40,42,57H,14-23,26H2,1-5H3/t36-,40?,42?/m0/s1. The first-order valence-corrected chi connectivity index (χ1v) is 20.7. The van der Waals surface area contributed by atoms with Crippen molar-refractivity contribution in [2.75, 3.05) is 25.1 Å². The molecule has 1 saturated heterocycles. The largest absolute Gasteiger partial charge is 0.497 e. The number of benzene rings is 2. The molecule has 4 aromatic rings. The van der Waals surface area contributed by atoms with Gasteiger partial charge in [-0.2, -0.15) is 13.2 Å². The summed E-state index contributed by atoms with van der Waals surface area (Å²) in [6.07, 6.45) is -2.63. The molecule has 2 aromatic carbocycles. The fourth-order valence-corrected chi connectivity index (χ4v) is 9.13. The van der Waals surface area contributed by atoms with E-state index in [9.17, 15) is 27.1 Å². The monoisotopic (exact) mass is 824 g/mol. The molecule has 1 aliphatic heterocycles. The number of fused-ring (bicyclic) bond motifs is 1. The van der Waals surface area contributed by atoms with Gasteiger partial charge in [-0.05, 0) is 96.7 Å². The average molecular weight is 825 g/mol. The van der Waals surface area contributed by atoms with Crippen LogP contribution in [0.3, 0.4) is 0 Å². The minimum atomic E-state index is -4.60. The summed E-state index contributed by atoms with van der Waals surface area (Å²) in [6.45, 7) is 9.39. The Labute approximate surface area is 342 Å². The molecule has 2 aromatic heterocycles. The molecule has 0 radical (unpaired) electrons. The van der Waals surface area contributed by atoms with Crippen LogP contribution in [0.25, 0.3) is 0 Å². The Kier molecular flexibility index (Phi) is 12.4. The molecule has 2 fully saturated rings. The molecule has 318 valence electrons. The van der Waals surface area contributed by atoms with E-state index < -0.39 is 42.0 Å². The second-order valence-corrected chi connectivity index (χ2v) is 17.8. The summed E-state index contributed by atoms with van der Waals surface area (Å²) in [4.78, 5) is 16.5. The van der Waals surface area contributed by atoms with Crippen molar-refractivity contribution >= 4 is 5.95 Å². The smallest absolute Gasteiger partial charge is 0.416 e. The lowest BCUT2D eigenvalue weighted by molar-refractivity contribution is -0.137. The third-order valence-electron chi connectivity index (χ3n) is 12.4. The van der Waals surface area contributed by atoms with Crippen LogP contribution in [-0.2, 0) is 23.9 Å². The normalized spacial score (nSPS) is 21.0. The van der Waals surface area contributed by atoms with Gasteiger partial charge in [0.2, 0.25) is 11.9 Å². The molecule has 3 aliphatic rings. The number of methoxy groups -OCH3 is 1. The fraction of sp³-hybridized carbons (Fsp3) is 0.543. The summed E-state index contributed by atoms with van der Waals surface area (Å²) in [5.74, 6) is -2.32. The average Bonchev–Trinajstić information content (AvgIpc) is 3.21. The molecule has 7 nitrogen and oxygen atoms in total. The molecule has 0 bridgehead atoms. The van der Waals surface area contributed by atoms with E-state index in [4.69, 9.17) is 14.5 Å². The number of aromatic nitrogens is 3. The van der Waals surface area contributed by atoms with Crippen molar-refractivity contribution in [3.05, 3.63) is 111 Å². The Bertz CT molecular complexity index is 2040. The Morgan fingerprint density at radius 2 is 1.49 bits per heavy atom. The van der Waals surface area contributed by atoms with Crippen molar-refractivity contribution in [1.29, 1.82) is 0 Å². The summed E-state index contributed by atoms with van der Waals surface area (Å²) in [6, 6.07) is 11.6. The first-order chi connectivity index (χ1) is 27.9. The molecule has 3 heterocycles. The maximum atomic E-state index is 17.8. The number of nitrogens with zero attached hydrogens (tertiary/aromatic N) is 4. The van der Waals surface area contributed by atoms with Crippen molar-refractivity contribution < 1.29 is 40.9 Å². The van der Waals surface area contributed by atoms with Crippen LogP contribution in [0.4, 0.5) is 32.3 Å². The van der Waals surface area contributed by atoms with E-state index in [2.05, 4.69) is 23.8 Å². The molecule has 1 saturated carbocycles. The third kappa shape index (κ3) is 9.56. The number of pyridine rings is 1. The lowest BCUT2D eigenvalue weighted by atomic mass is 9.68. The first kappa shape index (κ1) is 42.9. The third-order valence-corrected chi connectivity index (χ3v) is 12.4. The molecule has 2 unspecified atom stereocenters. The maximum absolute atomic E-state index is 17.8. The van der Waals surface area contributed by atoms with E-state index in [1.807, 2.05) is 43.0 Å². The van der Waals surface area contributed by atoms with E-state index in [0.717, 1.165) is 29.0 Å². The number of ether oxygens (including phenoxy) is 2. The molecular weight excluding hydrogens is 771 g/mol. The molecule has 7 rings (SSSR count). The van der Waals surface area contributed by atoms with Crippen molar-refractivity contribution in [3.63, 3.8) is 0 Å². The van der Waals surface area contributed by atoms with E-state index in [1.165, 1.54) is 12.1 Å². The summed E-state index contributed by atoms with van der Waals surface area (Å²) >= 11 is 0. The van der Waals surface area contributed by atoms with Crippen molar-refractivity contribution in [2.24, 2.45) is 11.3 Å². The molecule has 2 aliphatic carbocycles.